The van der Waals surface area contributed by atoms with E-state index >= 15 is 0 Å². The number of hydrogen-bond acceptors (Lipinski definition) is 2. The Bertz CT molecular complexity index is 538. The minimum atomic E-state index is -0.729. The predicted octanol–water partition coefficient (Wildman–Crippen LogP) is 3.69. The van der Waals surface area contributed by atoms with Gasteiger partial charge in [0.25, 0.3) is 0 Å². The highest BCUT2D eigenvalue weighted by atomic mass is 16.3. The second-order valence-electron chi connectivity index (χ2n) is 7.27. The second kappa shape index (κ2) is 4.95. The maximum Gasteiger partial charge on any atom is 0.142 e. The fourth-order valence-corrected chi connectivity index (χ4v) is 5.49. The molecular weight excluding hydrogens is 260 g/mol. The number of fused-ring (bicyclic) bond motifs is 4. The first kappa shape index (κ1) is 13.5. The van der Waals surface area contributed by atoms with Crippen LogP contribution in [0.25, 0.3) is 0 Å². The fourth-order valence-electron chi connectivity index (χ4n) is 5.49. The van der Waals surface area contributed by atoms with Gasteiger partial charge in [0.1, 0.15) is 5.78 Å². The SMILES string of the molecule is O=C1C2CCC[C@@H]1C1(O)CCCCC1C2c1ccccc1. The van der Waals surface area contributed by atoms with Gasteiger partial charge in [-0.1, -0.05) is 49.6 Å². The lowest BCUT2D eigenvalue weighted by Gasteiger charge is -2.56. The number of aliphatic hydroxyl groups is 1. The van der Waals surface area contributed by atoms with E-state index in [1.807, 2.05) is 6.07 Å². The Morgan fingerprint density at radius 3 is 2.62 bits per heavy atom. The quantitative estimate of drug-likeness (QED) is 0.854. The number of rotatable bonds is 1. The molecule has 0 heterocycles. The number of carbonyl (C=O) groups excluding carboxylic acids is 1. The van der Waals surface area contributed by atoms with Gasteiger partial charge in [-0.15, -0.1) is 0 Å². The third kappa shape index (κ3) is 1.92. The summed E-state index contributed by atoms with van der Waals surface area (Å²) in [5.74, 6) is 0.939. The van der Waals surface area contributed by atoms with Crippen LogP contribution in [0.3, 0.4) is 0 Å². The molecule has 1 N–H and O–H groups in total. The first-order valence-electron chi connectivity index (χ1n) is 8.53. The Labute approximate surface area is 126 Å². The van der Waals surface area contributed by atoms with Crippen molar-refractivity contribution in [1.29, 1.82) is 0 Å². The van der Waals surface area contributed by atoms with E-state index in [-0.39, 0.29) is 23.7 Å². The van der Waals surface area contributed by atoms with Crippen LogP contribution < -0.4 is 0 Å². The molecule has 1 aromatic carbocycles. The zero-order chi connectivity index (χ0) is 14.4. The summed E-state index contributed by atoms with van der Waals surface area (Å²) in [5.41, 5.74) is 0.536. The van der Waals surface area contributed by atoms with Gasteiger partial charge in [-0.05, 0) is 43.1 Å². The van der Waals surface area contributed by atoms with Crippen LogP contribution in [0.2, 0.25) is 0 Å². The molecule has 0 radical (unpaired) electrons. The first-order chi connectivity index (χ1) is 10.2. The molecule has 3 fully saturated rings. The summed E-state index contributed by atoms with van der Waals surface area (Å²) in [7, 11) is 0. The molecule has 3 aliphatic carbocycles. The van der Waals surface area contributed by atoms with Gasteiger partial charge in [-0.25, -0.2) is 0 Å². The third-order valence-electron chi connectivity index (χ3n) is 6.36. The summed E-state index contributed by atoms with van der Waals surface area (Å²) < 4.78 is 0. The van der Waals surface area contributed by atoms with Crippen molar-refractivity contribution in [2.75, 3.05) is 0 Å². The molecule has 4 unspecified atom stereocenters. The minimum absolute atomic E-state index is 0.0819. The highest BCUT2D eigenvalue weighted by molar-refractivity contribution is 5.87. The summed E-state index contributed by atoms with van der Waals surface area (Å²) in [6.45, 7) is 0. The van der Waals surface area contributed by atoms with Crippen LogP contribution in [0.4, 0.5) is 0 Å². The summed E-state index contributed by atoms with van der Waals surface area (Å²) in [4.78, 5) is 12.9. The summed E-state index contributed by atoms with van der Waals surface area (Å²) >= 11 is 0. The van der Waals surface area contributed by atoms with Gasteiger partial charge in [0.05, 0.1) is 5.60 Å². The number of Topliss-reactive ketones (excluding diaryl/α,β-unsaturated/α-hetero) is 1. The van der Waals surface area contributed by atoms with Crippen molar-refractivity contribution < 1.29 is 9.90 Å². The molecule has 1 aromatic rings. The van der Waals surface area contributed by atoms with Crippen LogP contribution in [-0.4, -0.2) is 16.5 Å². The molecule has 0 aromatic heterocycles. The van der Waals surface area contributed by atoms with Crippen molar-refractivity contribution in [2.45, 2.75) is 56.5 Å². The van der Waals surface area contributed by atoms with Crippen molar-refractivity contribution in [3.8, 4) is 0 Å². The van der Waals surface area contributed by atoms with Crippen LogP contribution in [0.1, 0.15) is 56.4 Å². The van der Waals surface area contributed by atoms with E-state index in [0.717, 1.165) is 38.5 Å². The van der Waals surface area contributed by atoms with E-state index in [0.29, 0.717) is 5.78 Å². The summed E-state index contributed by atoms with van der Waals surface area (Å²) in [6.07, 6.45) is 7.19. The maximum atomic E-state index is 12.9. The topological polar surface area (TPSA) is 37.3 Å². The minimum Gasteiger partial charge on any atom is -0.389 e. The number of hydrogen-bond donors (Lipinski definition) is 1. The summed E-state index contributed by atoms with van der Waals surface area (Å²) in [6, 6.07) is 10.5. The van der Waals surface area contributed by atoms with Crippen LogP contribution >= 0.6 is 0 Å². The molecule has 0 saturated heterocycles. The summed E-state index contributed by atoms with van der Waals surface area (Å²) in [5, 5.41) is 11.4. The van der Waals surface area contributed by atoms with Gasteiger partial charge in [-0.3, -0.25) is 4.79 Å². The lowest BCUT2D eigenvalue weighted by atomic mass is 9.49. The average molecular weight is 284 g/mol. The van der Waals surface area contributed by atoms with Gasteiger partial charge in [0.2, 0.25) is 0 Å². The Morgan fingerprint density at radius 2 is 1.81 bits per heavy atom. The third-order valence-corrected chi connectivity index (χ3v) is 6.36. The Hall–Kier alpha value is -1.15. The lowest BCUT2D eigenvalue weighted by molar-refractivity contribution is -0.172. The van der Waals surface area contributed by atoms with Crippen molar-refractivity contribution in [2.24, 2.45) is 17.8 Å². The van der Waals surface area contributed by atoms with Crippen molar-refractivity contribution in [3.05, 3.63) is 35.9 Å². The molecule has 2 bridgehead atoms. The molecule has 3 saturated carbocycles. The molecule has 2 heteroatoms. The number of ketones is 1. The molecule has 0 aliphatic heterocycles. The maximum absolute atomic E-state index is 12.9. The van der Waals surface area contributed by atoms with E-state index in [2.05, 4.69) is 24.3 Å². The molecule has 5 atom stereocenters. The molecule has 21 heavy (non-hydrogen) atoms. The van der Waals surface area contributed by atoms with Crippen LogP contribution in [0.5, 0.6) is 0 Å². The Kier molecular flexibility index (Phi) is 3.18. The van der Waals surface area contributed by atoms with Crippen molar-refractivity contribution in [3.63, 3.8) is 0 Å². The van der Waals surface area contributed by atoms with Crippen molar-refractivity contribution >= 4 is 5.78 Å². The van der Waals surface area contributed by atoms with Gasteiger partial charge < -0.3 is 5.11 Å². The van der Waals surface area contributed by atoms with E-state index in [1.54, 1.807) is 0 Å². The van der Waals surface area contributed by atoms with E-state index in [4.69, 9.17) is 0 Å². The molecular formula is C19H24O2. The monoisotopic (exact) mass is 284 g/mol. The van der Waals surface area contributed by atoms with Crippen molar-refractivity contribution in [1.82, 2.24) is 0 Å². The van der Waals surface area contributed by atoms with E-state index in [1.165, 1.54) is 12.0 Å². The molecule has 2 nitrogen and oxygen atoms in total. The Morgan fingerprint density at radius 1 is 1.00 bits per heavy atom. The van der Waals surface area contributed by atoms with E-state index < -0.39 is 5.60 Å². The largest absolute Gasteiger partial charge is 0.389 e. The van der Waals surface area contributed by atoms with Crippen LogP contribution in [0, 0.1) is 17.8 Å². The average Bonchev–Trinajstić information content (AvgIpc) is 2.50. The zero-order valence-electron chi connectivity index (χ0n) is 12.5. The van der Waals surface area contributed by atoms with Crippen LogP contribution in [-0.2, 0) is 4.79 Å². The van der Waals surface area contributed by atoms with Gasteiger partial charge in [-0.2, -0.15) is 0 Å². The fraction of sp³-hybridized carbons (Fsp3) is 0.632. The van der Waals surface area contributed by atoms with E-state index in [9.17, 15) is 9.90 Å². The molecule has 0 amide bonds. The Balaban J connectivity index is 1.82. The highest BCUT2D eigenvalue weighted by Gasteiger charge is 2.59. The smallest absolute Gasteiger partial charge is 0.142 e. The lowest BCUT2D eigenvalue weighted by Crippen LogP contribution is -2.60. The number of benzene rings is 1. The van der Waals surface area contributed by atoms with Gasteiger partial charge in [0.15, 0.2) is 0 Å². The molecule has 0 spiro atoms. The second-order valence-corrected chi connectivity index (χ2v) is 7.27. The molecule has 3 aliphatic rings. The van der Waals surface area contributed by atoms with Crippen LogP contribution in [0.15, 0.2) is 30.3 Å². The first-order valence-corrected chi connectivity index (χ1v) is 8.53. The standard InChI is InChI=1S/C19H24O2/c20-18-14-9-6-11-16(18)19(21)12-5-4-10-15(19)17(14)13-7-2-1-3-8-13/h1-3,7-8,14-17,21H,4-6,9-12H2/t14?,15?,16-,17?,19?/m0/s1. The number of carbonyl (C=O) groups is 1. The highest BCUT2D eigenvalue weighted by Crippen LogP contribution is 2.57. The van der Waals surface area contributed by atoms with Gasteiger partial charge in [0, 0.05) is 11.8 Å². The predicted molar refractivity (Wildman–Crippen MR) is 81.9 cm³/mol. The molecule has 4 rings (SSSR count). The van der Waals surface area contributed by atoms with Gasteiger partial charge >= 0.3 is 0 Å². The molecule has 112 valence electrons. The zero-order valence-corrected chi connectivity index (χ0v) is 12.5. The normalized spacial score (nSPS) is 42.4.